The number of furan rings is 2. The van der Waals surface area contributed by atoms with Crippen molar-refractivity contribution < 1.29 is 8.83 Å². The normalized spacial score (nSPS) is 13.0. The molecule has 0 amide bonds. The highest BCUT2D eigenvalue weighted by Gasteiger charge is 2.53. The summed E-state index contributed by atoms with van der Waals surface area (Å²) in [5.41, 5.74) is 19.1. The van der Waals surface area contributed by atoms with Crippen LogP contribution in [0.5, 0.6) is 0 Å². The minimum Gasteiger partial charge on any atom is -0.455 e. The van der Waals surface area contributed by atoms with Crippen LogP contribution in [0.3, 0.4) is 0 Å². The molecule has 4 heteroatoms. The number of anilines is 6. The molecule has 73 heavy (non-hydrogen) atoms. The molecule has 0 saturated carbocycles. The quantitative estimate of drug-likeness (QED) is 0.166. The number of hydrogen-bond acceptors (Lipinski definition) is 4. The largest absolute Gasteiger partial charge is 0.455 e. The predicted octanol–water partition coefficient (Wildman–Crippen LogP) is 19.1. The monoisotopic (exact) mass is 930 g/mol. The van der Waals surface area contributed by atoms with Crippen molar-refractivity contribution in [2.45, 2.75) is 5.41 Å². The zero-order valence-electron chi connectivity index (χ0n) is 39.5. The van der Waals surface area contributed by atoms with Crippen molar-refractivity contribution in [3.05, 3.63) is 277 Å². The van der Waals surface area contributed by atoms with E-state index in [2.05, 4.69) is 265 Å². The van der Waals surface area contributed by atoms with Crippen molar-refractivity contribution >= 4 is 99.5 Å². The first-order chi connectivity index (χ1) is 36.2. The standard InChI is InChI=1S/C69H42N2O2/c1-5-21-44(22-6-1)70(45-23-7-2-8-24-45)48-37-38-51-55(41-48)67-65(53-32-16-20-36-62(53)72-67)64-56-42-54-43(39-59(56)69(66(51)64)57-33-17-13-29-49(57)50-30-14-18-34-58(50)69)40-60(68-63(54)52-31-15-19-35-61(52)73-68)71(46-25-9-3-10-26-46)47-27-11-4-12-28-47/h1-42H. The SMILES string of the molecule is c1ccc(N(c2ccccc2)c2ccc3c4c(c5c6ccccc6oc5c3c2)-c2cc3c(cc2C42c4ccccc4-c4ccccc42)cc(N(c2ccccc2)c2ccccc2)c2oc4ccccc4c23)cc1. The van der Waals surface area contributed by atoms with Crippen LogP contribution in [0.25, 0.3) is 87.7 Å². The van der Waals surface area contributed by atoms with Gasteiger partial charge in [-0.05, 0) is 152 Å². The summed E-state index contributed by atoms with van der Waals surface area (Å²) in [6.45, 7) is 0. The Balaban J connectivity index is 1.09. The van der Waals surface area contributed by atoms with Crippen LogP contribution in [0, 0.1) is 0 Å². The van der Waals surface area contributed by atoms with Gasteiger partial charge in [0.25, 0.3) is 0 Å². The number of benzene rings is 12. The van der Waals surface area contributed by atoms with E-state index in [0.717, 1.165) is 99.5 Å². The van der Waals surface area contributed by atoms with Gasteiger partial charge in [0.2, 0.25) is 0 Å². The Labute approximate surface area is 420 Å². The van der Waals surface area contributed by atoms with Crippen LogP contribution in [0.1, 0.15) is 22.3 Å². The highest BCUT2D eigenvalue weighted by atomic mass is 16.3. The van der Waals surface area contributed by atoms with Gasteiger partial charge in [0.05, 0.1) is 11.1 Å². The molecule has 2 aromatic heterocycles. The molecule has 340 valence electrons. The molecule has 0 aliphatic heterocycles. The molecule has 0 fully saturated rings. The van der Waals surface area contributed by atoms with E-state index in [1.54, 1.807) is 0 Å². The average molecular weight is 931 g/mol. The Morgan fingerprint density at radius 2 is 0.795 bits per heavy atom. The number of hydrogen-bond donors (Lipinski definition) is 0. The Bertz CT molecular complexity index is 4430. The fourth-order valence-electron chi connectivity index (χ4n) is 12.9. The summed E-state index contributed by atoms with van der Waals surface area (Å²) in [6, 6.07) is 92.5. The van der Waals surface area contributed by atoms with E-state index >= 15 is 0 Å². The van der Waals surface area contributed by atoms with Crippen molar-refractivity contribution in [2.75, 3.05) is 9.80 Å². The topological polar surface area (TPSA) is 32.8 Å². The summed E-state index contributed by atoms with van der Waals surface area (Å²) >= 11 is 0. The molecule has 0 radical (unpaired) electrons. The van der Waals surface area contributed by atoms with Crippen LogP contribution in [-0.2, 0) is 5.41 Å². The summed E-state index contributed by atoms with van der Waals surface area (Å²) in [4.78, 5) is 4.70. The first kappa shape index (κ1) is 40.1. The fraction of sp³-hybridized carbons (Fsp3) is 0.0145. The first-order valence-electron chi connectivity index (χ1n) is 25.1. The number of para-hydroxylation sites is 6. The molecular formula is C69H42N2O2. The lowest BCUT2D eigenvalue weighted by atomic mass is 9.69. The van der Waals surface area contributed by atoms with Gasteiger partial charge < -0.3 is 18.6 Å². The van der Waals surface area contributed by atoms with Crippen molar-refractivity contribution in [1.82, 2.24) is 0 Å². The maximum atomic E-state index is 7.23. The van der Waals surface area contributed by atoms with Crippen LogP contribution >= 0.6 is 0 Å². The van der Waals surface area contributed by atoms with Crippen LogP contribution < -0.4 is 9.80 Å². The van der Waals surface area contributed by atoms with Crippen LogP contribution in [0.2, 0.25) is 0 Å². The fourth-order valence-corrected chi connectivity index (χ4v) is 12.9. The van der Waals surface area contributed by atoms with Gasteiger partial charge in [-0.25, -0.2) is 0 Å². The van der Waals surface area contributed by atoms with Crippen LogP contribution in [0.4, 0.5) is 34.1 Å². The minimum absolute atomic E-state index is 0.691. The third-order valence-electron chi connectivity index (χ3n) is 15.7. The van der Waals surface area contributed by atoms with Gasteiger partial charge in [-0.2, -0.15) is 0 Å². The summed E-state index contributed by atoms with van der Waals surface area (Å²) < 4.78 is 14.3. The van der Waals surface area contributed by atoms with E-state index in [0.29, 0.717) is 0 Å². The van der Waals surface area contributed by atoms with Crippen LogP contribution in [-0.4, -0.2) is 0 Å². The summed E-state index contributed by atoms with van der Waals surface area (Å²) in [6.07, 6.45) is 0. The number of fused-ring (bicyclic) bond motifs is 22. The molecule has 1 spiro atoms. The molecule has 12 aromatic carbocycles. The smallest absolute Gasteiger partial charge is 0.160 e. The zero-order chi connectivity index (χ0) is 47.8. The van der Waals surface area contributed by atoms with Gasteiger partial charge in [0, 0.05) is 55.4 Å². The van der Waals surface area contributed by atoms with E-state index in [1.807, 2.05) is 0 Å². The molecule has 0 saturated heterocycles. The molecule has 0 unspecified atom stereocenters. The van der Waals surface area contributed by atoms with Gasteiger partial charge in [0.15, 0.2) is 5.58 Å². The maximum Gasteiger partial charge on any atom is 0.160 e. The lowest BCUT2D eigenvalue weighted by molar-refractivity contribution is 0.669. The highest BCUT2D eigenvalue weighted by molar-refractivity contribution is 6.29. The second kappa shape index (κ2) is 15.2. The lowest BCUT2D eigenvalue weighted by Gasteiger charge is -2.32. The Morgan fingerprint density at radius 1 is 0.301 bits per heavy atom. The molecule has 4 nitrogen and oxygen atoms in total. The molecule has 2 aliphatic rings. The summed E-state index contributed by atoms with van der Waals surface area (Å²) in [5, 5.41) is 8.93. The van der Waals surface area contributed by atoms with Crippen molar-refractivity contribution in [3.63, 3.8) is 0 Å². The van der Waals surface area contributed by atoms with Gasteiger partial charge in [-0.15, -0.1) is 0 Å². The van der Waals surface area contributed by atoms with Gasteiger partial charge in [-0.1, -0.05) is 164 Å². The third-order valence-corrected chi connectivity index (χ3v) is 15.7. The second-order valence-corrected chi connectivity index (χ2v) is 19.5. The molecule has 0 bridgehead atoms. The molecule has 0 N–H and O–H groups in total. The number of nitrogens with zero attached hydrogens (tertiary/aromatic N) is 2. The van der Waals surface area contributed by atoms with Gasteiger partial charge in [0.1, 0.15) is 16.7 Å². The van der Waals surface area contributed by atoms with Gasteiger partial charge >= 0.3 is 0 Å². The predicted molar refractivity (Wildman–Crippen MR) is 302 cm³/mol. The molecule has 14 aromatic rings. The summed E-state index contributed by atoms with van der Waals surface area (Å²) in [7, 11) is 0. The van der Waals surface area contributed by atoms with Gasteiger partial charge in [-0.3, -0.25) is 0 Å². The average Bonchev–Trinajstić information content (AvgIpc) is 4.20. The van der Waals surface area contributed by atoms with Crippen molar-refractivity contribution in [3.8, 4) is 22.3 Å². The van der Waals surface area contributed by atoms with E-state index in [9.17, 15) is 0 Å². The maximum absolute atomic E-state index is 7.23. The van der Waals surface area contributed by atoms with E-state index < -0.39 is 5.41 Å². The first-order valence-corrected chi connectivity index (χ1v) is 25.1. The lowest BCUT2D eigenvalue weighted by Crippen LogP contribution is -2.26. The molecular weight excluding hydrogens is 889 g/mol. The van der Waals surface area contributed by atoms with E-state index in [4.69, 9.17) is 8.83 Å². The second-order valence-electron chi connectivity index (χ2n) is 19.5. The van der Waals surface area contributed by atoms with E-state index in [1.165, 1.54) is 44.5 Å². The third kappa shape index (κ3) is 5.49. The molecule has 2 heterocycles. The molecule has 0 atom stereocenters. The molecule has 2 aliphatic carbocycles. The summed E-state index contributed by atoms with van der Waals surface area (Å²) in [5.74, 6) is 0. The highest BCUT2D eigenvalue weighted by Crippen LogP contribution is 2.67. The zero-order valence-corrected chi connectivity index (χ0v) is 39.5. The Kier molecular flexibility index (Phi) is 8.35. The van der Waals surface area contributed by atoms with Crippen molar-refractivity contribution in [2.24, 2.45) is 0 Å². The van der Waals surface area contributed by atoms with Crippen molar-refractivity contribution in [1.29, 1.82) is 0 Å². The van der Waals surface area contributed by atoms with E-state index in [-0.39, 0.29) is 0 Å². The van der Waals surface area contributed by atoms with Crippen LogP contribution in [0.15, 0.2) is 264 Å². The Morgan fingerprint density at radius 3 is 1.38 bits per heavy atom. The Hall–Kier alpha value is -9.64. The minimum atomic E-state index is -0.691. The molecule has 16 rings (SSSR count). The number of rotatable bonds is 6.